The van der Waals surface area contributed by atoms with E-state index in [0.717, 1.165) is 11.1 Å². The Hall–Kier alpha value is -2.35. The molecular weight excluding hydrogens is 324 g/mol. The van der Waals surface area contributed by atoms with E-state index in [4.69, 9.17) is 16.9 Å². The quantitative estimate of drug-likeness (QED) is 0.867. The van der Waals surface area contributed by atoms with Gasteiger partial charge in [0.2, 0.25) is 0 Å². The highest BCUT2D eigenvalue weighted by atomic mass is 35.5. The highest BCUT2D eigenvalue weighted by Gasteiger charge is 2.30. The van der Waals surface area contributed by atoms with Crippen LogP contribution < -0.4 is 5.32 Å². The molecule has 2 rings (SSSR count). The van der Waals surface area contributed by atoms with Gasteiger partial charge in [0.05, 0.1) is 11.6 Å². The molecule has 0 aliphatic carbocycles. The number of aliphatic hydroxyl groups is 1. The molecule has 0 saturated carbocycles. The minimum Gasteiger partial charge on any atom is -0.380 e. The van der Waals surface area contributed by atoms with Gasteiger partial charge in [-0.3, -0.25) is 4.79 Å². The van der Waals surface area contributed by atoms with Crippen LogP contribution in [0, 0.1) is 18.3 Å². The summed E-state index contributed by atoms with van der Waals surface area (Å²) in [4.78, 5) is 12.3. The first kappa shape index (κ1) is 18.0. The summed E-state index contributed by atoms with van der Waals surface area (Å²) in [6, 6.07) is 14.4. The van der Waals surface area contributed by atoms with E-state index in [2.05, 4.69) is 11.4 Å². The standard InChI is InChI=1S/C19H19ClN2O2/c1-13-3-8-16(11-17(13)20)22-18(23)19(2,24)10-9-14-4-6-15(12-21)7-5-14/h3-8,11,24H,9-10H2,1-2H3,(H,22,23)/t19-/m1/s1. The lowest BCUT2D eigenvalue weighted by atomic mass is 9.95. The highest BCUT2D eigenvalue weighted by molar-refractivity contribution is 6.31. The number of amides is 1. The first-order valence-electron chi connectivity index (χ1n) is 7.61. The summed E-state index contributed by atoms with van der Waals surface area (Å²) in [5, 5.41) is 22.5. The van der Waals surface area contributed by atoms with Gasteiger partial charge in [0.1, 0.15) is 5.60 Å². The maximum atomic E-state index is 12.3. The van der Waals surface area contributed by atoms with Crippen molar-refractivity contribution in [3.8, 4) is 6.07 Å². The number of nitrogens with one attached hydrogen (secondary N) is 1. The molecule has 0 saturated heterocycles. The molecule has 5 heteroatoms. The fraction of sp³-hybridized carbons (Fsp3) is 0.263. The summed E-state index contributed by atoms with van der Waals surface area (Å²) in [7, 11) is 0. The van der Waals surface area contributed by atoms with Gasteiger partial charge in [-0.2, -0.15) is 5.26 Å². The normalized spacial score (nSPS) is 13.0. The second kappa shape index (κ2) is 7.48. The predicted molar refractivity (Wildman–Crippen MR) is 94.9 cm³/mol. The number of nitriles is 1. The van der Waals surface area contributed by atoms with E-state index in [-0.39, 0.29) is 6.42 Å². The molecule has 0 fully saturated rings. The average molecular weight is 343 g/mol. The third kappa shape index (κ3) is 4.58. The molecule has 2 aromatic carbocycles. The Balaban J connectivity index is 1.98. The van der Waals surface area contributed by atoms with Gasteiger partial charge in [0, 0.05) is 10.7 Å². The number of benzene rings is 2. The molecular formula is C19H19ClN2O2. The van der Waals surface area contributed by atoms with E-state index in [1.165, 1.54) is 6.92 Å². The number of hydrogen-bond acceptors (Lipinski definition) is 3. The van der Waals surface area contributed by atoms with Gasteiger partial charge in [0.25, 0.3) is 5.91 Å². The Morgan fingerprint density at radius 3 is 2.54 bits per heavy atom. The lowest BCUT2D eigenvalue weighted by molar-refractivity contribution is -0.132. The van der Waals surface area contributed by atoms with Crippen molar-refractivity contribution in [2.45, 2.75) is 32.3 Å². The maximum absolute atomic E-state index is 12.3. The number of hydrogen-bond donors (Lipinski definition) is 2. The molecule has 2 N–H and O–H groups in total. The first-order chi connectivity index (χ1) is 11.3. The fourth-order valence-corrected chi connectivity index (χ4v) is 2.36. The van der Waals surface area contributed by atoms with Crippen molar-refractivity contribution in [3.05, 3.63) is 64.2 Å². The molecule has 1 amide bonds. The van der Waals surface area contributed by atoms with Crippen LogP contribution in [0.25, 0.3) is 0 Å². The summed E-state index contributed by atoms with van der Waals surface area (Å²) in [5.41, 5.74) is 1.50. The van der Waals surface area contributed by atoms with E-state index in [1.54, 1.807) is 24.3 Å². The predicted octanol–water partition coefficient (Wildman–Crippen LogP) is 3.84. The van der Waals surface area contributed by atoms with E-state index in [0.29, 0.717) is 22.7 Å². The number of nitrogens with zero attached hydrogens (tertiary/aromatic N) is 1. The zero-order valence-electron chi connectivity index (χ0n) is 13.6. The topological polar surface area (TPSA) is 73.1 Å². The van der Waals surface area contributed by atoms with E-state index < -0.39 is 11.5 Å². The Bertz CT molecular complexity index is 777. The molecule has 0 radical (unpaired) electrons. The second-order valence-corrected chi connectivity index (χ2v) is 6.41. The summed E-state index contributed by atoms with van der Waals surface area (Å²) >= 11 is 6.04. The highest BCUT2D eigenvalue weighted by Crippen LogP contribution is 2.22. The Morgan fingerprint density at radius 2 is 1.96 bits per heavy atom. The number of anilines is 1. The summed E-state index contributed by atoms with van der Waals surface area (Å²) in [5.74, 6) is -0.476. The van der Waals surface area contributed by atoms with Crippen LogP contribution in [0.3, 0.4) is 0 Å². The van der Waals surface area contributed by atoms with Gasteiger partial charge >= 0.3 is 0 Å². The minimum atomic E-state index is -1.51. The van der Waals surface area contributed by atoms with Gasteiger partial charge < -0.3 is 10.4 Å². The van der Waals surface area contributed by atoms with Gasteiger partial charge in [0.15, 0.2) is 0 Å². The number of carbonyl (C=O) groups is 1. The maximum Gasteiger partial charge on any atom is 0.256 e. The van der Waals surface area contributed by atoms with Crippen LogP contribution >= 0.6 is 11.6 Å². The molecule has 0 heterocycles. The fourth-order valence-electron chi connectivity index (χ4n) is 2.18. The number of aryl methyl sites for hydroxylation is 2. The Labute approximate surface area is 146 Å². The largest absolute Gasteiger partial charge is 0.380 e. The molecule has 0 unspecified atom stereocenters. The van der Waals surface area contributed by atoms with Crippen LogP contribution in [0.5, 0.6) is 0 Å². The third-order valence-corrected chi connectivity index (χ3v) is 4.31. The molecule has 4 nitrogen and oxygen atoms in total. The third-order valence-electron chi connectivity index (χ3n) is 3.90. The second-order valence-electron chi connectivity index (χ2n) is 6.00. The van der Waals surface area contributed by atoms with E-state index in [9.17, 15) is 9.90 Å². The van der Waals surface area contributed by atoms with Crippen LogP contribution in [0.1, 0.15) is 30.0 Å². The van der Waals surface area contributed by atoms with E-state index in [1.807, 2.05) is 25.1 Å². The van der Waals surface area contributed by atoms with Crippen molar-refractivity contribution in [2.24, 2.45) is 0 Å². The monoisotopic (exact) mass is 342 g/mol. The zero-order valence-corrected chi connectivity index (χ0v) is 14.4. The molecule has 0 aromatic heterocycles. The van der Waals surface area contributed by atoms with Crippen molar-refractivity contribution in [2.75, 3.05) is 5.32 Å². The van der Waals surface area contributed by atoms with Crippen molar-refractivity contribution < 1.29 is 9.90 Å². The van der Waals surface area contributed by atoms with Crippen molar-refractivity contribution >= 4 is 23.2 Å². The lowest BCUT2D eigenvalue weighted by Crippen LogP contribution is -2.40. The smallest absolute Gasteiger partial charge is 0.256 e. The summed E-state index contributed by atoms with van der Waals surface area (Å²) in [6.45, 7) is 3.36. The molecule has 124 valence electrons. The molecule has 2 aromatic rings. The van der Waals surface area contributed by atoms with Gasteiger partial charge in [-0.05, 0) is 62.1 Å². The Kier molecular flexibility index (Phi) is 5.61. The van der Waals surface area contributed by atoms with Crippen molar-refractivity contribution in [3.63, 3.8) is 0 Å². The molecule has 24 heavy (non-hydrogen) atoms. The summed E-state index contributed by atoms with van der Waals surface area (Å²) < 4.78 is 0. The lowest BCUT2D eigenvalue weighted by Gasteiger charge is -2.22. The van der Waals surface area contributed by atoms with Crippen LogP contribution in [-0.4, -0.2) is 16.6 Å². The van der Waals surface area contributed by atoms with Crippen LogP contribution in [0.2, 0.25) is 5.02 Å². The Morgan fingerprint density at radius 1 is 1.29 bits per heavy atom. The number of rotatable bonds is 5. The zero-order chi connectivity index (χ0) is 17.7. The molecule has 0 spiro atoms. The van der Waals surface area contributed by atoms with Crippen LogP contribution in [-0.2, 0) is 11.2 Å². The number of halogens is 1. The van der Waals surface area contributed by atoms with Crippen LogP contribution in [0.4, 0.5) is 5.69 Å². The number of carbonyl (C=O) groups excluding carboxylic acids is 1. The molecule has 0 bridgehead atoms. The minimum absolute atomic E-state index is 0.268. The van der Waals surface area contributed by atoms with Gasteiger partial charge in [-0.25, -0.2) is 0 Å². The van der Waals surface area contributed by atoms with Crippen molar-refractivity contribution in [1.82, 2.24) is 0 Å². The van der Waals surface area contributed by atoms with Gasteiger partial charge in [-0.1, -0.05) is 29.8 Å². The molecule has 0 aliphatic rings. The summed E-state index contributed by atoms with van der Waals surface area (Å²) in [6.07, 6.45) is 0.797. The van der Waals surface area contributed by atoms with Gasteiger partial charge in [-0.15, -0.1) is 0 Å². The average Bonchev–Trinajstić information content (AvgIpc) is 2.57. The van der Waals surface area contributed by atoms with E-state index >= 15 is 0 Å². The molecule has 0 aliphatic heterocycles. The first-order valence-corrected chi connectivity index (χ1v) is 7.98. The van der Waals surface area contributed by atoms with Crippen LogP contribution in [0.15, 0.2) is 42.5 Å². The SMILES string of the molecule is Cc1ccc(NC(=O)[C@](C)(O)CCc2ccc(C#N)cc2)cc1Cl. The molecule has 1 atom stereocenters. The van der Waals surface area contributed by atoms with Crippen molar-refractivity contribution in [1.29, 1.82) is 5.26 Å².